The van der Waals surface area contributed by atoms with E-state index in [1.807, 2.05) is 11.5 Å². The Morgan fingerprint density at radius 3 is 2.17 bits per heavy atom. The molecular weight excluding hydrogens is 627 g/mol. The first-order valence-electron chi connectivity index (χ1n) is 12.1. The Morgan fingerprint density at radius 1 is 0.800 bits per heavy atom. The van der Waals surface area contributed by atoms with Crippen LogP contribution in [0.25, 0.3) is 6.08 Å². The van der Waals surface area contributed by atoms with E-state index < -0.39 is 33.7 Å². The Bertz CT molecular complexity index is 1460. The third kappa shape index (κ3) is 3.29. The molecule has 1 saturated heterocycles. The van der Waals surface area contributed by atoms with Gasteiger partial charge in [-0.2, -0.15) is 0 Å². The average molecular weight is 650 g/mol. The van der Waals surface area contributed by atoms with E-state index in [-0.39, 0.29) is 11.6 Å². The Balaban J connectivity index is 1.34. The van der Waals surface area contributed by atoms with E-state index in [1.165, 1.54) is 56.2 Å². The summed E-state index contributed by atoms with van der Waals surface area (Å²) in [5.41, 5.74) is 3.67. The summed E-state index contributed by atoms with van der Waals surface area (Å²) >= 11 is -1.80. The fourth-order valence-corrected chi connectivity index (χ4v) is 21.4. The minimum atomic E-state index is -2.42. The van der Waals surface area contributed by atoms with Crippen molar-refractivity contribution in [1.29, 1.82) is 0 Å². The number of anilines is 3. The molecule has 1 fully saturated rings. The predicted molar refractivity (Wildman–Crippen MR) is 148 cm³/mol. The molecule has 1 aliphatic carbocycles. The Morgan fingerprint density at radius 2 is 1.49 bits per heavy atom. The van der Waals surface area contributed by atoms with Crippen LogP contribution in [0.2, 0.25) is 10.5 Å². The van der Waals surface area contributed by atoms with Crippen LogP contribution in [0.1, 0.15) is 42.9 Å². The summed E-state index contributed by atoms with van der Waals surface area (Å²) in [6, 6.07) is 24.4. The maximum atomic E-state index is 12.8. The van der Waals surface area contributed by atoms with Gasteiger partial charge in [0.2, 0.25) is 0 Å². The standard InChI is InChI=1S/C29H23GeNO2STe/c32-27-20-14-17-34-29(20)28(33)21(27)18-19-12-13-26(35-19)31-24-10-4-2-8-22(24)30(15-6-1-7-16-30)23-9-3-5-11-25(23)31/h2-5,8-14,17-18H,1,6-7,15-16H2/b21-18+. The fraction of sp³-hybridized carbons (Fsp3) is 0.172. The van der Waals surface area contributed by atoms with Gasteiger partial charge in [-0.1, -0.05) is 0 Å². The number of benzene rings is 2. The molecule has 6 heteroatoms. The van der Waals surface area contributed by atoms with Gasteiger partial charge in [0.05, 0.1) is 0 Å². The molecule has 0 bridgehead atoms. The second kappa shape index (κ2) is 8.45. The molecule has 3 aliphatic rings. The molecule has 2 aromatic carbocycles. The number of hydrogen-bond donors (Lipinski definition) is 0. The number of Topliss-reactive ketones (excluding diaryl/α,β-unsaturated/α-hetero) is 2. The van der Waals surface area contributed by atoms with Crippen LogP contribution < -0.4 is 13.7 Å². The summed E-state index contributed by atoms with van der Waals surface area (Å²) in [6.07, 6.45) is 5.95. The average Bonchev–Trinajstić information content (AvgIpc) is 3.62. The number of thiophene rings is 1. The Labute approximate surface area is 221 Å². The third-order valence-corrected chi connectivity index (χ3v) is 22.7. The molecule has 0 atom stereocenters. The molecule has 0 amide bonds. The van der Waals surface area contributed by atoms with Crippen LogP contribution in [0.15, 0.2) is 77.7 Å². The summed E-state index contributed by atoms with van der Waals surface area (Å²) < 4.78 is 5.75. The van der Waals surface area contributed by atoms with Crippen LogP contribution in [-0.4, -0.2) is 45.3 Å². The number of fused-ring (bicyclic) bond motifs is 5. The number of carbonyl (C=O) groups excluding carboxylic acids is 2. The van der Waals surface area contributed by atoms with Crippen LogP contribution in [0.3, 0.4) is 0 Å². The Hall–Kier alpha value is -2.17. The molecule has 0 saturated carbocycles. The number of rotatable bonds is 2. The zero-order valence-electron chi connectivity index (χ0n) is 19.1. The van der Waals surface area contributed by atoms with E-state index in [9.17, 15) is 9.59 Å². The van der Waals surface area contributed by atoms with Gasteiger partial charge in [-0.25, -0.2) is 0 Å². The third-order valence-electron chi connectivity index (χ3n) is 7.75. The van der Waals surface area contributed by atoms with Crippen LogP contribution in [-0.2, 0) is 0 Å². The van der Waals surface area contributed by atoms with Gasteiger partial charge in [-0.05, 0) is 0 Å². The molecule has 7 rings (SSSR count). The van der Waals surface area contributed by atoms with Crippen molar-refractivity contribution in [1.82, 2.24) is 0 Å². The second-order valence-corrected chi connectivity index (χ2v) is 22.5. The topological polar surface area (TPSA) is 37.4 Å². The van der Waals surface area contributed by atoms with Crippen molar-refractivity contribution >= 4 is 86.5 Å². The molecule has 35 heavy (non-hydrogen) atoms. The van der Waals surface area contributed by atoms with Crippen molar-refractivity contribution in [3.8, 4) is 0 Å². The van der Waals surface area contributed by atoms with Crippen molar-refractivity contribution < 1.29 is 9.59 Å². The van der Waals surface area contributed by atoms with Crippen molar-refractivity contribution in [3.05, 3.63) is 91.7 Å². The summed E-state index contributed by atoms with van der Waals surface area (Å²) in [5, 5.41) is 4.61. The van der Waals surface area contributed by atoms with Gasteiger partial charge in [-0.15, -0.1) is 0 Å². The molecule has 4 aromatic rings. The van der Waals surface area contributed by atoms with E-state index in [4.69, 9.17) is 0 Å². The second-order valence-electron chi connectivity index (χ2n) is 9.57. The molecule has 4 heterocycles. The van der Waals surface area contributed by atoms with E-state index in [0.29, 0.717) is 16.0 Å². The Kier molecular flexibility index (Phi) is 5.33. The normalized spacial score (nSPS) is 19.2. The molecule has 172 valence electrons. The summed E-state index contributed by atoms with van der Waals surface area (Å²) in [6.45, 7) is 0. The summed E-state index contributed by atoms with van der Waals surface area (Å²) in [5.74, 6) is -0.225. The summed E-state index contributed by atoms with van der Waals surface area (Å²) in [4.78, 5) is 28.8. The molecule has 0 N–H and O–H groups in total. The zero-order chi connectivity index (χ0) is 23.6. The van der Waals surface area contributed by atoms with Gasteiger partial charge in [-0.3, -0.25) is 0 Å². The summed E-state index contributed by atoms with van der Waals surface area (Å²) in [7, 11) is 0. The van der Waals surface area contributed by atoms with Crippen LogP contribution in [0.5, 0.6) is 0 Å². The number of para-hydroxylation sites is 2. The van der Waals surface area contributed by atoms with Crippen LogP contribution >= 0.6 is 11.3 Å². The number of ketones is 2. The molecule has 2 aliphatic heterocycles. The molecule has 0 unspecified atom stereocenters. The zero-order valence-corrected chi connectivity index (χ0v) is 24.4. The van der Waals surface area contributed by atoms with Crippen molar-refractivity contribution in [2.45, 2.75) is 29.8 Å². The number of hydrogen-bond acceptors (Lipinski definition) is 4. The van der Waals surface area contributed by atoms with Crippen molar-refractivity contribution in [2.75, 3.05) is 4.90 Å². The van der Waals surface area contributed by atoms with Gasteiger partial charge in [0, 0.05) is 0 Å². The number of carbonyl (C=O) groups is 2. The first kappa shape index (κ1) is 22.1. The first-order chi connectivity index (χ1) is 17.2. The van der Waals surface area contributed by atoms with E-state index in [0.717, 1.165) is 3.58 Å². The van der Waals surface area contributed by atoms with Gasteiger partial charge in [0.15, 0.2) is 0 Å². The molecule has 2 aromatic heterocycles. The molecule has 3 nitrogen and oxygen atoms in total. The SMILES string of the molecule is O=C1/C(=C\c2ccc(N3c4cccc[c]4[Ge]4([CH2]CCC[CH2]4)[c]4ccccc43)[te]2)C(=O)c2sccc21. The van der Waals surface area contributed by atoms with Crippen molar-refractivity contribution in [3.63, 3.8) is 0 Å². The van der Waals surface area contributed by atoms with Crippen molar-refractivity contribution in [2.24, 2.45) is 0 Å². The maximum absolute atomic E-state index is 12.8. The van der Waals surface area contributed by atoms with E-state index in [1.54, 1.807) is 14.9 Å². The van der Waals surface area contributed by atoms with Gasteiger partial charge >= 0.3 is 223 Å². The first-order valence-corrected chi connectivity index (χ1v) is 20.4. The van der Waals surface area contributed by atoms with E-state index >= 15 is 0 Å². The van der Waals surface area contributed by atoms with Gasteiger partial charge in [0.25, 0.3) is 0 Å². The van der Waals surface area contributed by atoms with Crippen LogP contribution in [0.4, 0.5) is 15.1 Å². The fourth-order valence-electron chi connectivity index (χ4n) is 6.20. The van der Waals surface area contributed by atoms with Gasteiger partial charge in [0.1, 0.15) is 0 Å². The number of nitrogens with zero attached hydrogens (tertiary/aromatic N) is 1. The predicted octanol–water partition coefficient (Wildman–Crippen LogP) is 5.80. The number of allylic oxidation sites excluding steroid dienone is 1. The monoisotopic (exact) mass is 653 g/mol. The van der Waals surface area contributed by atoms with E-state index in [2.05, 4.69) is 65.6 Å². The quantitative estimate of drug-likeness (QED) is 0.157. The molecule has 0 radical (unpaired) electrons. The molecule has 1 spiro atoms. The van der Waals surface area contributed by atoms with Crippen LogP contribution in [0, 0.1) is 0 Å². The molecular formula is C29H23GeNO2STe. The minimum absolute atomic E-state index is 0.109. The van der Waals surface area contributed by atoms with Gasteiger partial charge < -0.3 is 0 Å².